The first-order chi connectivity index (χ1) is 19.1. The van der Waals surface area contributed by atoms with Crippen molar-refractivity contribution in [1.82, 2.24) is 9.80 Å². The Balaban J connectivity index is 0.000000371. The van der Waals surface area contributed by atoms with Crippen LogP contribution in [0.3, 0.4) is 0 Å². The molecule has 2 aliphatic carbocycles. The molecule has 6 heteroatoms. The van der Waals surface area contributed by atoms with E-state index >= 15 is 0 Å². The number of piperazine rings is 1. The first-order valence-corrected chi connectivity index (χ1v) is 15.6. The van der Waals surface area contributed by atoms with Gasteiger partial charge in [0.25, 0.3) is 0 Å². The van der Waals surface area contributed by atoms with Crippen LogP contribution in [0.25, 0.3) is 0 Å². The van der Waals surface area contributed by atoms with Crippen LogP contribution >= 0.6 is 11.6 Å². The summed E-state index contributed by atoms with van der Waals surface area (Å²) in [6.45, 7) is 17.3. The van der Waals surface area contributed by atoms with Gasteiger partial charge in [0.1, 0.15) is 5.60 Å². The quantitative estimate of drug-likeness (QED) is 0.221. The molecule has 1 heterocycles. The fraction of sp³-hybridized carbons (Fsp3) is 0.588. The third-order valence-corrected chi connectivity index (χ3v) is 8.24. The molecule has 3 fully saturated rings. The monoisotopic (exact) mass is 567 g/mol. The number of carbonyl (C=O) groups excluding carboxylic acids is 1. The summed E-state index contributed by atoms with van der Waals surface area (Å²) in [5, 5.41) is 0.839. The van der Waals surface area contributed by atoms with E-state index in [1.54, 1.807) is 0 Å². The van der Waals surface area contributed by atoms with Gasteiger partial charge >= 0.3 is 6.09 Å². The fourth-order valence-electron chi connectivity index (χ4n) is 5.21. The summed E-state index contributed by atoms with van der Waals surface area (Å²) in [6, 6.07) is 8.14. The van der Waals surface area contributed by atoms with Gasteiger partial charge in [-0.25, -0.2) is 4.79 Å². The van der Waals surface area contributed by atoms with E-state index in [-0.39, 0.29) is 17.7 Å². The summed E-state index contributed by atoms with van der Waals surface area (Å²) >= 11 is 5.78. The van der Waals surface area contributed by atoms with Crippen molar-refractivity contribution in [3.05, 3.63) is 70.0 Å². The molecule has 1 unspecified atom stereocenters. The number of allylic oxidation sites excluding steroid dienone is 5. The topological polar surface area (TPSA) is 45.1 Å². The van der Waals surface area contributed by atoms with Gasteiger partial charge in [0.15, 0.2) is 0 Å². The number of benzene rings is 1. The van der Waals surface area contributed by atoms with Crippen LogP contribution in [0.15, 0.2) is 64.5 Å². The van der Waals surface area contributed by atoms with Crippen molar-refractivity contribution in [3.8, 4) is 0 Å². The van der Waals surface area contributed by atoms with Crippen LogP contribution in [0.2, 0.25) is 5.02 Å². The zero-order valence-electron chi connectivity index (χ0n) is 25.8. The predicted octanol–water partition coefficient (Wildman–Crippen LogP) is 8.99. The van der Waals surface area contributed by atoms with Gasteiger partial charge in [0.05, 0.1) is 0 Å². The van der Waals surface area contributed by atoms with Gasteiger partial charge in [-0.05, 0) is 102 Å². The van der Waals surface area contributed by atoms with Gasteiger partial charge in [-0.2, -0.15) is 0 Å². The number of amides is 1. The van der Waals surface area contributed by atoms with E-state index < -0.39 is 0 Å². The number of nitrogens with zero attached hydrogens (tertiary/aromatic N) is 3. The lowest BCUT2D eigenvalue weighted by molar-refractivity contribution is 0.0302. The van der Waals surface area contributed by atoms with E-state index in [9.17, 15) is 4.79 Å². The number of ether oxygens (including phenoxy) is 1. The Kier molecular flexibility index (Phi) is 11.9. The minimum atomic E-state index is -0.221. The lowest BCUT2D eigenvalue weighted by Crippen LogP contribution is -2.54. The van der Waals surface area contributed by atoms with Crippen molar-refractivity contribution in [2.75, 3.05) is 19.6 Å². The Hall–Kier alpha value is -2.53. The van der Waals surface area contributed by atoms with Gasteiger partial charge in [-0.15, -0.1) is 0 Å². The van der Waals surface area contributed by atoms with Gasteiger partial charge < -0.3 is 14.5 Å². The van der Waals surface area contributed by atoms with Crippen molar-refractivity contribution in [2.24, 2.45) is 10.9 Å². The molecule has 220 valence electrons. The maximum absolute atomic E-state index is 12.6. The molecule has 40 heavy (non-hydrogen) atoms. The Labute approximate surface area is 248 Å². The van der Waals surface area contributed by atoms with Crippen LogP contribution < -0.4 is 0 Å². The third kappa shape index (κ3) is 9.26. The van der Waals surface area contributed by atoms with E-state index in [4.69, 9.17) is 21.3 Å². The van der Waals surface area contributed by atoms with Crippen molar-refractivity contribution in [3.63, 3.8) is 0 Å². The van der Waals surface area contributed by atoms with Gasteiger partial charge in [-0.1, -0.05) is 56.2 Å². The molecule has 1 saturated heterocycles. The molecule has 0 radical (unpaired) electrons. The largest absolute Gasteiger partial charge is 0.443 e. The second-order valence-electron chi connectivity index (χ2n) is 11.7. The lowest BCUT2D eigenvalue weighted by atomic mass is 9.94. The van der Waals surface area contributed by atoms with Gasteiger partial charge in [-0.3, -0.25) is 4.99 Å². The van der Waals surface area contributed by atoms with Gasteiger partial charge in [0.2, 0.25) is 0 Å². The smallest absolute Gasteiger partial charge is 0.410 e. The summed E-state index contributed by atoms with van der Waals surface area (Å²) in [5.41, 5.74) is 6.17. The van der Waals surface area contributed by atoms with Crippen LogP contribution in [-0.4, -0.2) is 52.9 Å². The summed E-state index contributed by atoms with van der Waals surface area (Å²) in [5.74, 6) is 0.660. The number of carbonyl (C=O) groups is 1. The predicted molar refractivity (Wildman–Crippen MR) is 169 cm³/mol. The SMILES string of the molecule is CCCc1cccc(Cl)c1.C\C=C(C(/C(C)=N/C=C/CC)=C(/C)N1CCN(C(=O)OC2(C)CC2)C(C)C1)\C1CC1. The minimum absolute atomic E-state index is 0.122. The molecule has 1 atom stereocenters. The normalized spacial score (nSPS) is 21.6. The highest BCUT2D eigenvalue weighted by Crippen LogP contribution is 2.42. The van der Waals surface area contributed by atoms with E-state index in [1.807, 2.05) is 36.2 Å². The summed E-state index contributed by atoms with van der Waals surface area (Å²) in [6.07, 6.45) is 13.9. The third-order valence-electron chi connectivity index (χ3n) is 8.00. The molecule has 4 rings (SSSR count). The molecule has 0 aromatic heterocycles. The Morgan fingerprint density at radius 3 is 2.48 bits per heavy atom. The van der Waals surface area contributed by atoms with Gasteiger partial charge in [0, 0.05) is 53.9 Å². The van der Waals surface area contributed by atoms with Crippen molar-refractivity contribution < 1.29 is 9.53 Å². The second-order valence-corrected chi connectivity index (χ2v) is 12.1. The molecular formula is C34H50ClN3O2. The summed E-state index contributed by atoms with van der Waals surface area (Å²) in [4.78, 5) is 21.7. The highest BCUT2D eigenvalue weighted by atomic mass is 35.5. The molecule has 1 aromatic carbocycles. The molecule has 0 bridgehead atoms. The van der Waals surface area contributed by atoms with Crippen LogP contribution in [-0.2, 0) is 11.2 Å². The first-order valence-electron chi connectivity index (χ1n) is 15.2. The molecular weight excluding hydrogens is 518 g/mol. The van der Waals surface area contributed by atoms with E-state index in [0.29, 0.717) is 12.5 Å². The molecule has 0 spiro atoms. The summed E-state index contributed by atoms with van der Waals surface area (Å²) in [7, 11) is 0. The first kappa shape index (κ1) is 32.0. The molecule has 1 amide bonds. The zero-order valence-corrected chi connectivity index (χ0v) is 26.6. The van der Waals surface area contributed by atoms with Crippen molar-refractivity contribution in [1.29, 1.82) is 0 Å². The Bertz CT molecular complexity index is 1130. The lowest BCUT2D eigenvalue weighted by Gasteiger charge is -2.41. The minimum Gasteiger partial charge on any atom is -0.443 e. The number of halogens is 1. The molecule has 3 aliphatic rings. The average Bonchev–Trinajstić information content (AvgIpc) is 3.85. The van der Waals surface area contributed by atoms with E-state index in [0.717, 1.165) is 49.5 Å². The number of hydrogen-bond acceptors (Lipinski definition) is 4. The van der Waals surface area contributed by atoms with E-state index in [2.05, 4.69) is 64.7 Å². The fourth-order valence-corrected chi connectivity index (χ4v) is 5.43. The van der Waals surface area contributed by atoms with Crippen LogP contribution in [0.4, 0.5) is 4.79 Å². The van der Waals surface area contributed by atoms with E-state index in [1.165, 1.54) is 41.7 Å². The van der Waals surface area contributed by atoms with Crippen molar-refractivity contribution in [2.45, 2.75) is 105 Å². The highest BCUT2D eigenvalue weighted by Gasteiger charge is 2.43. The average molecular weight is 568 g/mol. The number of aryl methyl sites for hydroxylation is 1. The molecule has 5 nitrogen and oxygen atoms in total. The maximum atomic E-state index is 12.6. The summed E-state index contributed by atoms with van der Waals surface area (Å²) < 4.78 is 5.71. The van der Waals surface area contributed by atoms with Crippen LogP contribution in [0.1, 0.15) is 92.6 Å². The molecule has 0 N–H and O–H groups in total. The second kappa shape index (κ2) is 14.9. The number of rotatable bonds is 9. The van der Waals surface area contributed by atoms with Crippen LogP contribution in [0, 0.1) is 5.92 Å². The Morgan fingerprint density at radius 1 is 1.20 bits per heavy atom. The zero-order chi connectivity index (χ0) is 29.3. The number of hydrogen-bond donors (Lipinski definition) is 0. The highest BCUT2D eigenvalue weighted by molar-refractivity contribution is 6.30. The van der Waals surface area contributed by atoms with Crippen molar-refractivity contribution >= 4 is 23.4 Å². The Morgan fingerprint density at radius 2 is 1.93 bits per heavy atom. The standard InChI is InChI=1S/C25H39N3O2.C9H11Cl/c1-7-9-14-26-19(4)23(22(8-2)21-10-11-21)20(5)27-15-16-28(18(3)17-27)24(29)30-25(6)12-13-25;1-2-4-8-5-3-6-9(10)7-8/h8-9,14,18,21H,7,10-13,15-17H2,1-6H3;3,5-7H,2,4H2,1H3/b14-9+,22-8-,23-20-,26-19+;. The van der Waals surface area contributed by atoms with Crippen LogP contribution in [0.5, 0.6) is 0 Å². The molecule has 2 saturated carbocycles. The molecule has 1 aromatic rings. The maximum Gasteiger partial charge on any atom is 0.410 e. The molecule has 1 aliphatic heterocycles. The number of aliphatic imine (C=N–C) groups is 1.